The van der Waals surface area contributed by atoms with Crippen LogP contribution in [0.25, 0.3) is 33.7 Å². The van der Waals surface area contributed by atoms with Gasteiger partial charge in [-0.15, -0.1) is 0 Å². The number of halogens is 2. The highest BCUT2D eigenvalue weighted by molar-refractivity contribution is 6.31. The Morgan fingerprint density at radius 3 is 2.76 bits per heavy atom. The van der Waals surface area contributed by atoms with Gasteiger partial charge in [0.2, 0.25) is 5.89 Å². The lowest BCUT2D eigenvalue weighted by molar-refractivity contribution is 0.0946. The summed E-state index contributed by atoms with van der Waals surface area (Å²) in [4.78, 5) is 34.2. The average Bonchev–Trinajstić information content (AvgIpc) is 3.38. The third-order valence-corrected chi connectivity index (χ3v) is 5.28. The van der Waals surface area contributed by atoms with Crippen LogP contribution in [0.1, 0.15) is 16.2 Å². The fourth-order valence-electron chi connectivity index (χ4n) is 3.35. The molecule has 0 spiro atoms. The zero-order valence-electron chi connectivity index (χ0n) is 17.4. The number of nitrogens with zero attached hydrogens (tertiary/aromatic N) is 5. The molecule has 0 atom stereocenters. The lowest BCUT2D eigenvalue weighted by Gasteiger charge is -2.12. The minimum Gasteiger partial charge on any atom is -0.443 e. The third kappa shape index (κ3) is 4.14. The molecule has 0 aliphatic heterocycles. The van der Waals surface area contributed by atoms with E-state index in [4.69, 9.17) is 21.8 Å². The van der Waals surface area contributed by atoms with Crippen LogP contribution in [0.5, 0.6) is 0 Å². The van der Waals surface area contributed by atoms with Gasteiger partial charge in [0.25, 0.3) is 5.91 Å². The molecule has 9 nitrogen and oxygen atoms in total. The molecule has 34 heavy (non-hydrogen) atoms. The van der Waals surface area contributed by atoms with Gasteiger partial charge in [-0.1, -0.05) is 23.7 Å². The molecule has 0 aliphatic carbocycles. The van der Waals surface area contributed by atoms with Crippen LogP contribution < -0.4 is 11.1 Å². The number of nitrogens with one attached hydrogen (secondary N) is 1. The number of fused-ring (bicyclic) bond motifs is 1. The first-order valence-electron chi connectivity index (χ1n) is 10.0. The molecule has 0 unspecified atom stereocenters. The van der Waals surface area contributed by atoms with E-state index in [9.17, 15) is 9.18 Å². The van der Waals surface area contributed by atoms with Gasteiger partial charge in [-0.3, -0.25) is 14.8 Å². The minimum atomic E-state index is -0.602. The Morgan fingerprint density at radius 1 is 1.09 bits per heavy atom. The maximum atomic E-state index is 13.2. The van der Waals surface area contributed by atoms with Crippen LogP contribution in [0.2, 0.25) is 5.02 Å². The van der Waals surface area contributed by atoms with Gasteiger partial charge in [-0.2, -0.15) is 0 Å². The monoisotopic (exact) mass is 475 g/mol. The van der Waals surface area contributed by atoms with Crippen molar-refractivity contribution in [3.63, 3.8) is 0 Å². The molecule has 0 aliphatic rings. The number of oxazole rings is 1. The van der Waals surface area contributed by atoms with Gasteiger partial charge >= 0.3 is 0 Å². The van der Waals surface area contributed by atoms with Crippen molar-refractivity contribution in [1.29, 1.82) is 0 Å². The second kappa shape index (κ2) is 8.83. The van der Waals surface area contributed by atoms with Crippen LogP contribution in [-0.2, 0) is 6.54 Å². The number of anilines is 1. The number of hydrogen-bond acceptors (Lipinski definition) is 8. The van der Waals surface area contributed by atoms with Crippen molar-refractivity contribution in [3.05, 3.63) is 83.5 Å². The molecule has 168 valence electrons. The molecule has 4 heterocycles. The van der Waals surface area contributed by atoms with E-state index >= 15 is 0 Å². The van der Waals surface area contributed by atoms with E-state index in [-0.39, 0.29) is 34.7 Å². The Bertz CT molecular complexity index is 1530. The first-order chi connectivity index (χ1) is 16.5. The number of nitrogen functional groups attached to an aromatic ring is 1. The number of aromatic nitrogens is 5. The van der Waals surface area contributed by atoms with Crippen LogP contribution in [0.4, 0.5) is 10.2 Å². The molecule has 0 fully saturated rings. The number of nitrogens with two attached hydrogens (primary N) is 1. The summed E-state index contributed by atoms with van der Waals surface area (Å²) in [5, 5.41) is 3.60. The maximum Gasteiger partial charge on any atom is 0.274 e. The Balaban J connectivity index is 1.55. The molecule has 0 bridgehead atoms. The van der Waals surface area contributed by atoms with Crippen LogP contribution in [0.15, 0.2) is 65.7 Å². The van der Waals surface area contributed by atoms with E-state index in [1.807, 2.05) is 30.3 Å². The van der Waals surface area contributed by atoms with E-state index in [1.165, 1.54) is 12.5 Å². The van der Waals surface area contributed by atoms with Gasteiger partial charge in [0.15, 0.2) is 17.2 Å². The molecule has 0 radical (unpaired) electrons. The number of rotatable bonds is 5. The summed E-state index contributed by atoms with van der Waals surface area (Å²) in [6.07, 6.45) is 5.59. The van der Waals surface area contributed by atoms with Gasteiger partial charge in [0, 0.05) is 17.1 Å². The van der Waals surface area contributed by atoms with Gasteiger partial charge in [-0.05, 0) is 24.3 Å². The fraction of sp³-hybridized carbons (Fsp3) is 0.0435. The molecular weight excluding hydrogens is 461 g/mol. The van der Waals surface area contributed by atoms with Crippen LogP contribution in [0.3, 0.4) is 0 Å². The predicted octanol–water partition coefficient (Wildman–Crippen LogP) is 4.05. The van der Waals surface area contributed by atoms with Crippen molar-refractivity contribution in [2.75, 3.05) is 5.73 Å². The average molecular weight is 476 g/mol. The zero-order chi connectivity index (χ0) is 23.7. The van der Waals surface area contributed by atoms with Crippen LogP contribution >= 0.6 is 11.6 Å². The van der Waals surface area contributed by atoms with E-state index < -0.39 is 11.7 Å². The number of benzene rings is 1. The van der Waals surface area contributed by atoms with E-state index in [0.717, 1.165) is 23.2 Å². The number of carbonyl (C=O) groups is 1. The molecule has 11 heteroatoms. The van der Waals surface area contributed by atoms with E-state index in [0.29, 0.717) is 17.0 Å². The van der Waals surface area contributed by atoms with Crippen molar-refractivity contribution >= 4 is 34.2 Å². The van der Waals surface area contributed by atoms with Crippen molar-refractivity contribution < 1.29 is 13.6 Å². The van der Waals surface area contributed by atoms with E-state index in [1.54, 1.807) is 6.20 Å². The predicted molar refractivity (Wildman–Crippen MR) is 123 cm³/mol. The van der Waals surface area contributed by atoms with Crippen molar-refractivity contribution in [2.45, 2.75) is 6.54 Å². The Hall–Kier alpha value is -4.44. The topological polar surface area (TPSA) is 133 Å². The lowest BCUT2D eigenvalue weighted by Crippen LogP contribution is -2.26. The molecule has 4 aromatic heterocycles. The number of carbonyl (C=O) groups excluding carboxylic acids is 1. The summed E-state index contributed by atoms with van der Waals surface area (Å²) in [5.41, 5.74) is 8.37. The molecule has 0 saturated heterocycles. The number of pyridine rings is 2. The fourth-order valence-corrected chi connectivity index (χ4v) is 3.57. The molecule has 5 aromatic rings. The lowest BCUT2D eigenvalue weighted by atomic mass is 10.1. The first kappa shape index (κ1) is 21.4. The first-order valence-corrected chi connectivity index (χ1v) is 10.4. The third-order valence-electron chi connectivity index (χ3n) is 4.95. The summed E-state index contributed by atoms with van der Waals surface area (Å²) in [5.74, 6) is -1.09. The number of hydrogen-bond donors (Lipinski definition) is 2. The summed E-state index contributed by atoms with van der Waals surface area (Å²) < 4.78 is 18.7. The maximum absolute atomic E-state index is 13.2. The second-order valence-electron chi connectivity index (χ2n) is 7.17. The Kier molecular flexibility index (Phi) is 5.56. The van der Waals surface area contributed by atoms with Crippen molar-refractivity contribution in [2.24, 2.45) is 0 Å². The van der Waals surface area contributed by atoms with E-state index in [2.05, 4.69) is 30.2 Å². The SMILES string of the molecule is Nc1nc(-c2ncco2)c(-c2ccc3ncccc3c2)nc1C(=O)NCc1ncc(F)cc1Cl. The smallest absolute Gasteiger partial charge is 0.274 e. The van der Waals surface area contributed by atoms with Crippen molar-refractivity contribution in [3.8, 4) is 22.8 Å². The quantitative estimate of drug-likeness (QED) is 0.389. The van der Waals surface area contributed by atoms with Gasteiger partial charge < -0.3 is 15.5 Å². The summed E-state index contributed by atoms with van der Waals surface area (Å²) in [6, 6.07) is 10.4. The van der Waals surface area contributed by atoms with Gasteiger partial charge in [0.05, 0.1) is 35.2 Å². The second-order valence-corrected chi connectivity index (χ2v) is 7.57. The molecule has 5 rings (SSSR count). The summed E-state index contributed by atoms with van der Waals surface area (Å²) >= 11 is 5.99. The normalized spacial score (nSPS) is 11.0. The van der Waals surface area contributed by atoms with Gasteiger partial charge in [0.1, 0.15) is 17.8 Å². The number of amides is 1. The molecular formula is C23H15ClFN7O2. The Morgan fingerprint density at radius 2 is 1.97 bits per heavy atom. The summed E-state index contributed by atoms with van der Waals surface area (Å²) in [6.45, 7) is -0.0580. The molecule has 0 saturated carbocycles. The zero-order valence-corrected chi connectivity index (χ0v) is 18.1. The highest BCUT2D eigenvalue weighted by Crippen LogP contribution is 2.31. The molecule has 1 aromatic carbocycles. The standard InChI is InChI=1S/C23H15ClFN7O2/c24-15-9-14(25)10-29-17(15)11-30-22(33)20-21(26)32-19(23-28-6-7-34-23)18(31-20)13-3-4-16-12(8-13)2-1-5-27-16/h1-10H,11H2,(H2,26,32)(H,30,33). The highest BCUT2D eigenvalue weighted by atomic mass is 35.5. The summed E-state index contributed by atoms with van der Waals surface area (Å²) in [7, 11) is 0. The van der Waals surface area contributed by atoms with Crippen molar-refractivity contribution in [1.82, 2.24) is 30.2 Å². The molecule has 3 N–H and O–H groups in total. The van der Waals surface area contributed by atoms with Gasteiger partial charge in [-0.25, -0.2) is 19.3 Å². The van der Waals surface area contributed by atoms with Crippen LogP contribution in [-0.4, -0.2) is 30.8 Å². The largest absolute Gasteiger partial charge is 0.443 e. The highest BCUT2D eigenvalue weighted by Gasteiger charge is 2.22. The Labute approximate surface area is 196 Å². The molecule has 1 amide bonds. The van der Waals surface area contributed by atoms with Crippen LogP contribution in [0, 0.1) is 5.82 Å². The minimum absolute atomic E-state index is 0.0580.